The van der Waals surface area contributed by atoms with Crippen LogP contribution in [-0.4, -0.2) is 13.7 Å². The Kier molecular flexibility index (Phi) is 6.08. The zero-order chi connectivity index (χ0) is 15.2. The second-order valence-electron chi connectivity index (χ2n) is 4.66. The zero-order valence-corrected chi connectivity index (χ0v) is 14.9. The number of thiophene rings is 1. The molecule has 2 rings (SSSR count). The molecule has 0 unspecified atom stereocenters. The van der Waals surface area contributed by atoms with Crippen molar-refractivity contribution in [2.75, 3.05) is 13.7 Å². The number of rotatable bonds is 7. The highest BCUT2D eigenvalue weighted by molar-refractivity contribution is 9.10. The number of nitrogens with one attached hydrogen (secondary N) is 1. The van der Waals surface area contributed by atoms with Gasteiger partial charge in [0.15, 0.2) is 11.5 Å². The molecule has 2 aromatic rings. The maximum atomic E-state index is 5.61. The summed E-state index contributed by atoms with van der Waals surface area (Å²) in [6, 6.07) is 8.65. The van der Waals surface area contributed by atoms with Crippen LogP contribution in [0.2, 0.25) is 0 Å². The topological polar surface area (TPSA) is 30.5 Å². The summed E-state index contributed by atoms with van der Waals surface area (Å²) < 4.78 is 11.9. The lowest BCUT2D eigenvalue weighted by molar-refractivity contribution is 0.308. The van der Waals surface area contributed by atoms with Gasteiger partial charge in [-0.25, -0.2) is 0 Å². The van der Waals surface area contributed by atoms with Gasteiger partial charge in [-0.1, -0.05) is 6.07 Å². The van der Waals surface area contributed by atoms with Crippen LogP contribution in [-0.2, 0) is 6.54 Å². The number of hydrogen-bond donors (Lipinski definition) is 1. The summed E-state index contributed by atoms with van der Waals surface area (Å²) >= 11 is 5.32. The lowest BCUT2D eigenvalue weighted by atomic mass is 10.2. The van der Waals surface area contributed by atoms with Crippen molar-refractivity contribution in [2.45, 2.75) is 26.4 Å². The molecular formula is C16H20BrNO2S. The molecule has 0 spiro atoms. The quantitative estimate of drug-likeness (QED) is 0.762. The van der Waals surface area contributed by atoms with Crippen LogP contribution in [0.5, 0.6) is 11.5 Å². The first-order chi connectivity index (χ1) is 10.2. The van der Waals surface area contributed by atoms with Gasteiger partial charge in [-0.3, -0.25) is 0 Å². The van der Waals surface area contributed by atoms with Gasteiger partial charge in [-0.2, -0.15) is 0 Å². The molecule has 21 heavy (non-hydrogen) atoms. The first kappa shape index (κ1) is 16.3. The Hall–Kier alpha value is -1.04. The van der Waals surface area contributed by atoms with E-state index in [1.807, 2.05) is 13.0 Å². The van der Waals surface area contributed by atoms with Crippen LogP contribution in [0.3, 0.4) is 0 Å². The summed E-state index contributed by atoms with van der Waals surface area (Å²) in [6.07, 6.45) is 0. The summed E-state index contributed by atoms with van der Waals surface area (Å²) in [7, 11) is 1.66. The minimum Gasteiger partial charge on any atom is -0.493 e. The molecule has 0 aliphatic carbocycles. The van der Waals surface area contributed by atoms with Gasteiger partial charge < -0.3 is 14.8 Å². The first-order valence-electron chi connectivity index (χ1n) is 6.91. The Bertz CT molecular complexity index is 572. The Labute approximate surface area is 138 Å². The second-order valence-corrected chi connectivity index (χ2v) is 6.49. The highest BCUT2D eigenvalue weighted by Gasteiger charge is 2.12. The first-order valence-corrected chi connectivity index (χ1v) is 8.59. The molecule has 114 valence electrons. The third-order valence-electron chi connectivity index (χ3n) is 3.16. The largest absolute Gasteiger partial charge is 0.493 e. The molecule has 0 radical (unpaired) electrons. The third-order valence-corrected chi connectivity index (χ3v) is 4.80. The standard InChI is InChI=1S/C16H20BrNO2S/c1-4-20-16-13(17)8-12(9-14(16)19-3)10-18-11(2)15-6-5-7-21-15/h5-9,11,18H,4,10H2,1-3H3/t11-/m1/s1. The van der Waals surface area contributed by atoms with Gasteiger partial charge in [0, 0.05) is 17.5 Å². The summed E-state index contributed by atoms with van der Waals surface area (Å²) in [6.45, 7) is 5.53. The van der Waals surface area contributed by atoms with E-state index in [2.05, 4.69) is 51.7 Å². The number of hydrogen-bond acceptors (Lipinski definition) is 4. The van der Waals surface area contributed by atoms with Crippen LogP contribution in [0.25, 0.3) is 0 Å². The van der Waals surface area contributed by atoms with E-state index in [9.17, 15) is 0 Å². The van der Waals surface area contributed by atoms with Gasteiger partial charge in [0.05, 0.1) is 18.2 Å². The van der Waals surface area contributed by atoms with Gasteiger partial charge in [-0.05, 0) is 58.9 Å². The molecule has 1 heterocycles. The molecule has 0 fully saturated rings. The van der Waals surface area contributed by atoms with Crippen molar-refractivity contribution in [3.63, 3.8) is 0 Å². The summed E-state index contributed by atoms with van der Waals surface area (Å²) in [4.78, 5) is 1.34. The van der Waals surface area contributed by atoms with E-state index < -0.39 is 0 Å². The van der Waals surface area contributed by atoms with Crippen molar-refractivity contribution in [1.82, 2.24) is 5.32 Å². The molecule has 5 heteroatoms. The highest BCUT2D eigenvalue weighted by atomic mass is 79.9. The van der Waals surface area contributed by atoms with Crippen LogP contribution in [0.4, 0.5) is 0 Å². The minimum absolute atomic E-state index is 0.335. The number of benzene rings is 1. The predicted octanol–water partition coefficient (Wildman–Crippen LogP) is 4.77. The smallest absolute Gasteiger partial charge is 0.175 e. The molecule has 3 nitrogen and oxygen atoms in total. The SMILES string of the molecule is CCOc1c(Br)cc(CN[C@H](C)c2cccs2)cc1OC. The van der Waals surface area contributed by atoms with Crippen LogP contribution in [0.1, 0.15) is 30.3 Å². The van der Waals surface area contributed by atoms with Gasteiger partial charge in [0.2, 0.25) is 0 Å². The average molecular weight is 370 g/mol. The van der Waals surface area contributed by atoms with Gasteiger partial charge in [0.1, 0.15) is 0 Å². The molecule has 0 aliphatic rings. The molecule has 1 aromatic heterocycles. The molecule has 1 aromatic carbocycles. The van der Waals surface area contributed by atoms with Gasteiger partial charge in [0.25, 0.3) is 0 Å². The van der Waals surface area contributed by atoms with Crippen molar-refractivity contribution in [1.29, 1.82) is 0 Å². The molecule has 0 aliphatic heterocycles. The van der Waals surface area contributed by atoms with Gasteiger partial charge in [-0.15, -0.1) is 11.3 Å². The van der Waals surface area contributed by atoms with E-state index >= 15 is 0 Å². The van der Waals surface area contributed by atoms with Crippen molar-refractivity contribution in [3.8, 4) is 11.5 Å². The Morgan fingerprint density at radius 2 is 2.19 bits per heavy atom. The Balaban J connectivity index is 2.08. The van der Waals surface area contributed by atoms with Crippen LogP contribution in [0.15, 0.2) is 34.1 Å². The fourth-order valence-corrected chi connectivity index (χ4v) is 3.43. The second kappa shape index (κ2) is 7.82. The fraction of sp³-hybridized carbons (Fsp3) is 0.375. The fourth-order valence-electron chi connectivity index (χ4n) is 2.07. The van der Waals surface area contributed by atoms with E-state index in [1.165, 1.54) is 4.88 Å². The summed E-state index contributed by atoms with van der Waals surface area (Å²) in [5.41, 5.74) is 1.16. The molecule has 0 bridgehead atoms. The van der Waals surface area contributed by atoms with E-state index in [0.717, 1.165) is 28.1 Å². The van der Waals surface area contributed by atoms with Crippen LogP contribution < -0.4 is 14.8 Å². The van der Waals surface area contributed by atoms with Gasteiger partial charge >= 0.3 is 0 Å². The van der Waals surface area contributed by atoms with Crippen molar-refractivity contribution < 1.29 is 9.47 Å². The molecule has 1 N–H and O–H groups in total. The maximum Gasteiger partial charge on any atom is 0.175 e. The Morgan fingerprint density at radius 3 is 2.81 bits per heavy atom. The number of ether oxygens (including phenoxy) is 2. The van der Waals surface area contributed by atoms with Crippen LogP contribution >= 0.6 is 27.3 Å². The normalized spacial score (nSPS) is 12.2. The highest BCUT2D eigenvalue weighted by Crippen LogP contribution is 2.36. The van der Waals surface area contributed by atoms with Crippen LogP contribution in [0, 0.1) is 0 Å². The molecule has 0 saturated heterocycles. The van der Waals surface area contributed by atoms with E-state index in [4.69, 9.17) is 9.47 Å². The van der Waals surface area contributed by atoms with E-state index in [-0.39, 0.29) is 0 Å². The molecule has 1 atom stereocenters. The maximum absolute atomic E-state index is 5.61. The van der Waals surface area contributed by atoms with E-state index in [0.29, 0.717) is 12.6 Å². The lowest BCUT2D eigenvalue weighted by Gasteiger charge is -2.16. The van der Waals surface area contributed by atoms with Crippen molar-refractivity contribution in [3.05, 3.63) is 44.6 Å². The summed E-state index contributed by atoms with van der Waals surface area (Å²) in [5, 5.41) is 5.63. The third kappa shape index (κ3) is 4.22. The van der Waals surface area contributed by atoms with Crippen molar-refractivity contribution in [2.24, 2.45) is 0 Å². The number of methoxy groups -OCH3 is 1. The summed E-state index contributed by atoms with van der Waals surface area (Å²) in [5.74, 6) is 1.52. The monoisotopic (exact) mass is 369 g/mol. The zero-order valence-electron chi connectivity index (χ0n) is 12.5. The molecule has 0 amide bonds. The average Bonchev–Trinajstić information content (AvgIpc) is 3.01. The molecular weight excluding hydrogens is 350 g/mol. The van der Waals surface area contributed by atoms with E-state index in [1.54, 1.807) is 18.4 Å². The number of halogens is 1. The van der Waals surface area contributed by atoms with Crippen molar-refractivity contribution >= 4 is 27.3 Å². The Morgan fingerprint density at radius 1 is 1.38 bits per heavy atom. The minimum atomic E-state index is 0.335. The lowest BCUT2D eigenvalue weighted by Crippen LogP contribution is -2.17. The predicted molar refractivity (Wildman–Crippen MR) is 91.4 cm³/mol. The molecule has 0 saturated carbocycles.